The van der Waals surface area contributed by atoms with Crippen LogP contribution in [0.25, 0.3) is 0 Å². The first-order chi connectivity index (χ1) is 24.3. The molecule has 0 aromatic carbocycles. The van der Waals surface area contributed by atoms with Crippen molar-refractivity contribution in [2.45, 2.75) is 236 Å². The summed E-state index contributed by atoms with van der Waals surface area (Å²) in [6.45, 7) is 3.64. The van der Waals surface area contributed by atoms with Gasteiger partial charge in [-0.05, 0) is 12.8 Å². The highest BCUT2D eigenvalue weighted by atomic mass is 16.7. The lowest BCUT2D eigenvalue weighted by Crippen LogP contribution is -2.60. The molecule has 0 radical (unpaired) electrons. The number of aliphatic hydroxyl groups is 6. The standard InChI is InChI=1S/C40H79NO9/c1-3-5-7-9-11-13-15-16-17-19-20-22-24-26-28-33(43)32(31-49-40-38(47)37(46)36(45)35(30-42)50-40)41-39(48)34(44)29-27-25-23-21-18-14-12-10-8-6-4-2/h32-38,40,42-47H,3-31H2,1-2H3,(H,41,48). The number of ether oxygens (including phenoxy) is 2. The first kappa shape index (κ1) is 47.2. The van der Waals surface area contributed by atoms with Gasteiger partial charge in [0.2, 0.25) is 5.91 Å². The summed E-state index contributed by atoms with van der Waals surface area (Å²) in [4.78, 5) is 13.0. The van der Waals surface area contributed by atoms with Crippen molar-refractivity contribution >= 4 is 5.91 Å². The SMILES string of the molecule is CCCCCCCCCCCCCCCCC(O)C(COC1OC(CO)C(O)C(O)C1O)NC(=O)C(O)CCCCCCCCCCCCC. The molecule has 1 amide bonds. The molecule has 0 saturated carbocycles. The van der Waals surface area contributed by atoms with Crippen LogP contribution in [0.5, 0.6) is 0 Å². The Kier molecular flexibility index (Phi) is 29.9. The Morgan fingerprint density at radius 1 is 0.600 bits per heavy atom. The summed E-state index contributed by atoms with van der Waals surface area (Å²) in [6, 6.07) is -0.885. The second-order valence-electron chi connectivity index (χ2n) is 14.9. The molecule has 0 spiro atoms. The van der Waals surface area contributed by atoms with Crippen molar-refractivity contribution in [2.24, 2.45) is 0 Å². The Hall–Kier alpha value is -0.850. The van der Waals surface area contributed by atoms with E-state index in [9.17, 15) is 35.4 Å². The fraction of sp³-hybridized carbons (Fsp3) is 0.975. The molecule has 0 bridgehead atoms. The quantitative estimate of drug-likeness (QED) is 0.0364. The predicted molar refractivity (Wildman–Crippen MR) is 200 cm³/mol. The summed E-state index contributed by atoms with van der Waals surface area (Å²) in [6.07, 6.45) is 21.5. The average molecular weight is 718 g/mol. The van der Waals surface area contributed by atoms with Crippen LogP contribution in [-0.2, 0) is 14.3 Å². The van der Waals surface area contributed by atoms with Crippen molar-refractivity contribution in [1.29, 1.82) is 0 Å². The fourth-order valence-corrected chi connectivity index (χ4v) is 6.81. The van der Waals surface area contributed by atoms with Crippen molar-refractivity contribution in [3.05, 3.63) is 0 Å². The lowest BCUT2D eigenvalue weighted by molar-refractivity contribution is -0.302. The van der Waals surface area contributed by atoms with Gasteiger partial charge < -0.3 is 45.4 Å². The maximum absolute atomic E-state index is 13.0. The molecule has 8 unspecified atom stereocenters. The van der Waals surface area contributed by atoms with E-state index in [1.165, 1.54) is 116 Å². The monoisotopic (exact) mass is 718 g/mol. The molecule has 0 aliphatic carbocycles. The van der Waals surface area contributed by atoms with Gasteiger partial charge in [-0.25, -0.2) is 0 Å². The smallest absolute Gasteiger partial charge is 0.249 e. The summed E-state index contributed by atoms with van der Waals surface area (Å²) < 4.78 is 11.1. The molecule has 298 valence electrons. The van der Waals surface area contributed by atoms with E-state index in [2.05, 4.69) is 19.2 Å². The molecule has 8 atom stereocenters. The molecule has 1 heterocycles. The first-order valence-electron chi connectivity index (χ1n) is 20.8. The van der Waals surface area contributed by atoms with E-state index in [0.717, 1.165) is 44.9 Å². The van der Waals surface area contributed by atoms with Crippen molar-refractivity contribution in [2.75, 3.05) is 13.2 Å². The van der Waals surface area contributed by atoms with Gasteiger partial charge in [-0.3, -0.25) is 4.79 Å². The highest BCUT2D eigenvalue weighted by Gasteiger charge is 2.44. The van der Waals surface area contributed by atoms with E-state index in [1.807, 2.05) is 0 Å². The van der Waals surface area contributed by atoms with Gasteiger partial charge in [0.25, 0.3) is 0 Å². The summed E-state index contributed by atoms with van der Waals surface area (Å²) in [5.74, 6) is -0.584. The number of unbranched alkanes of at least 4 members (excludes halogenated alkanes) is 23. The Bertz CT molecular complexity index is 773. The number of nitrogens with one attached hydrogen (secondary N) is 1. The molecule has 1 saturated heterocycles. The van der Waals surface area contributed by atoms with Crippen molar-refractivity contribution < 1.29 is 44.9 Å². The minimum Gasteiger partial charge on any atom is -0.394 e. The van der Waals surface area contributed by atoms with Crippen LogP contribution in [0.4, 0.5) is 0 Å². The molecule has 0 aromatic heterocycles. The van der Waals surface area contributed by atoms with Crippen LogP contribution >= 0.6 is 0 Å². The number of aliphatic hydroxyl groups excluding tert-OH is 6. The second kappa shape index (κ2) is 31.7. The zero-order valence-corrected chi connectivity index (χ0v) is 32.0. The zero-order chi connectivity index (χ0) is 36.8. The number of hydrogen-bond acceptors (Lipinski definition) is 9. The average Bonchev–Trinajstić information content (AvgIpc) is 3.11. The maximum Gasteiger partial charge on any atom is 0.249 e. The van der Waals surface area contributed by atoms with Crippen LogP contribution in [0, 0.1) is 0 Å². The number of carbonyl (C=O) groups excluding carboxylic acids is 1. The molecule has 7 N–H and O–H groups in total. The van der Waals surface area contributed by atoms with E-state index in [1.54, 1.807) is 0 Å². The highest BCUT2D eigenvalue weighted by Crippen LogP contribution is 2.23. The minimum absolute atomic E-state index is 0.251. The van der Waals surface area contributed by atoms with E-state index >= 15 is 0 Å². The van der Waals surface area contributed by atoms with Gasteiger partial charge in [-0.2, -0.15) is 0 Å². The van der Waals surface area contributed by atoms with Crippen LogP contribution in [-0.4, -0.2) is 98.7 Å². The summed E-state index contributed by atoms with van der Waals surface area (Å²) >= 11 is 0. The van der Waals surface area contributed by atoms with E-state index in [4.69, 9.17) is 9.47 Å². The Morgan fingerprint density at radius 3 is 1.42 bits per heavy atom. The minimum atomic E-state index is -1.59. The third-order valence-electron chi connectivity index (χ3n) is 10.3. The van der Waals surface area contributed by atoms with Gasteiger partial charge in [-0.1, -0.05) is 174 Å². The summed E-state index contributed by atoms with van der Waals surface area (Å²) in [5, 5.41) is 64.5. The largest absolute Gasteiger partial charge is 0.394 e. The van der Waals surface area contributed by atoms with Crippen molar-refractivity contribution in [3.8, 4) is 0 Å². The molecule has 1 rings (SSSR count). The highest BCUT2D eigenvalue weighted by molar-refractivity contribution is 5.80. The van der Waals surface area contributed by atoms with Gasteiger partial charge in [-0.15, -0.1) is 0 Å². The normalized spacial score (nSPS) is 22.8. The Labute approximate surface area is 305 Å². The third kappa shape index (κ3) is 22.3. The number of hydrogen-bond donors (Lipinski definition) is 7. The fourth-order valence-electron chi connectivity index (χ4n) is 6.81. The first-order valence-corrected chi connectivity index (χ1v) is 20.8. The third-order valence-corrected chi connectivity index (χ3v) is 10.3. The van der Waals surface area contributed by atoms with Crippen LogP contribution in [0.15, 0.2) is 0 Å². The topological polar surface area (TPSA) is 169 Å². The van der Waals surface area contributed by atoms with Gasteiger partial charge in [0.15, 0.2) is 6.29 Å². The molecular weight excluding hydrogens is 638 g/mol. The second-order valence-corrected chi connectivity index (χ2v) is 14.9. The lowest BCUT2D eigenvalue weighted by atomic mass is 9.99. The summed E-state index contributed by atoms with van der Waals surface area (Å²) in [7, 11) is 0. The molecule has 1 aliphatic rings. The van der Waals surface area contributed by atoms with Gasteiger partial charge >= 0.3 is 0 Å². The van der Waals surface area contributed by atoms with Gasteiger partial charge in [0, 0.05) is 0 Å². The number of amides is 1. The summed E-state index contributed by atoms with van der Waals surface area (Å²) in [5.41, 5.74) is 0. The van der Waals surface area contributed by atoms with Crippen molar-refractivity contribution in [3.63, 3.8) is 0 Å². The molecule has 0 aromatic rings. The molecule has 1 aliphatic heterocycles. The zero-order valence-electron chi connectivity index (χ0n) is 32.0. The predicted octanol–water partition coefficient (Wildman–Crippen LogP) is 6.58. The number of rotatable bonds is 34. The Balaban J connectivity index is 2.45. The Morgan fingerprint density at radius 2 is 1.00 bits per heavy atom. The van der Waals surface area contributed by atoms with Crippen LogP contribution in [0.2, 0.25) is 0 Å². The van der Waals surface area contributed by atoms with E-state index < -0.39 is 61.5 Å². The molecule has 1 fully saturated rings. The van der Waals surface area contributed by atoms with Crippen LogP contribution in [0.1, 0.15) is 187 Å². The molecule has 10 heteroatoms. The van der Waals surface area contributed by atoms with Crippen LogP contribution in [0.3, 0.4) is 0 Å². The molecule has 50 heavy (non-hydrogen) atoms. The van der Waals surface area contributed by atoms with Gasteiger partial charge in [0.1, 0.15) is 30.5 Å². The number of carbonyl (C=O) groups is 1. The van der Waals surface area contributed by atoms with Crippen LogP contribution < -0.4 is 5.32 Å². The van der Waals surface area contributed by atoms with E-state index in [0.29, 0.717) is 12.8 Å². The molecule has 10 nitrogen and oxygen atoms in total. The maximum atomic E-state index is 13.0. The van der Waals surface area contributed by atoms with Crippen molar-refractivity contribution in [1.82, 2.24) is 5.32 Å². The molecular formula is C40H79NO9. The van der Waals surface area contributed by atoms with Gasteiger partial charge in [0.05, 0.1) is 25.4 Å². The lowest BCUT2D eigenvalue weighted by Gasteiger charge is -2.40. The van der Waals surface area contributed by atoms with E-state index in [-0.39, 0.29) is 6.61 Å².